The maximum Gasteiger partial charge on any atom is 0.0406 e. The van der Waals surface area contributed by atoms with E-state index >= 15 is 0 Å². The fourth-order valence-corrected chi connectivity index (χ4v) is 6.46. The molecule has 0 aliphatic heterocycles. The molecule has 0 radical (unpaired) electrons. The summed E-state index contributed by atoms with van der Waals surface area (Å²) in [6.45, 7) is 2.32. The summed E-state index contributed by atoms with van der Waals surface area (Å²) in [6, 6.07) is 17.5. The summed E-state index contributed by atoms with van der Waals surface area (Å²) in [7, 11) is 0. The topological polar surface area (TPSA) is 0 Å². The van der Waals surface area contributed by atoms with Crippen LogP contribution in [0.5, 0.6) is 0 Å². The first-order valence-corrected chi connectivity index (χ1v) is 13.9. The van der Waals surface area contributed by atoms with Crippen molar-refractivity contribution in [1.82, 2.24) is 0 Å². The predicted octanol–water partition coefficient (Wildman–Crippen LogP) is 10.4. The molecule has 0 heterocycles. The van der Waals surface area contributed by atoms with Gasteiger partial charge in [0.25, 0.3) is 0 Å². The van der Waals surface area contributed by atoms with Crippen molar-refractivity contribution >= 4 is 11.6 Å². The normalized spacial score (nSPS) is 26.2. The number of hydrogen-bond donors (Lipinski definition) is 0. The molecule has 2 saturated carbocycles. The van der Waals surface area contributed by atoms with Crippen LogP contribution in [0.25, 0.3) is 11.1 Å². The summed E-state index contributed by atoms with van der Waals surface area (Å²) in [4.78, 5) is 0. The molecule has 0 aromatic heterocycles. The van der Waals surface area contributed by atoms with Gasteiger partial charge in [-0.1, -0.05) is 119 Å². The highest BCUT2D eigenvalue weighted by Gasteiger charge is 2.25. The van der Waals surface area contributed by atoms with Crippen LogP contribution in [0.1, 0.15) is 108 Å². The van der Waals surface area contributed by atoms with E-state index < -0.39 is 0 Å². The average Bonchev–Trinajstić information content (AvgIpc) is 2.85. The van der Waals surface area contributed by atoms with E-state index in [-0.39, 0.29) is 0 Å². The summed E-state index contributed by atoms with van der Waals surface area (Å²) in [6.07, 6.45) is 20.5. The molecule has 174 valence electrons. The predicted molar refractivity (Wildman–Crippen MR) is 140 cm³/mol. The van der Waals surface area contributed by atoms with Crippen LogP contribution in [-0.4, -0.2) is 0 Å². The number of benzene rings is 2. The largest absolute Gasteiger partial charge is 0.0843 e. The highest BCUT2D eigenvalue weighted by atomic mass is 35.5. The van der Waals surface area contributed by atoms with Crippen molar-refractivity contribution in [3.8, 4) is 11.1 Å². The van der Waals surface area contributed by atoms with Crippen molar-refractivity contribution in [2.45, 2.75) is 103 Å². The van der Waals surface area contributed by atoms with Crippen molar-refractivity contribution in [3.05, 3.63) is 59.1 Å². The van der Waals surface area contributed by atoms with Crippen molar-refractivity contribution in [2.24, 2.45) is 17.8 Å². The van der Waals surface area contributed by atoms with Crippen LogP contribution in [0.4, 0.5) is 0 Å². The number of rotatable bonds is 9. The van der Waals surface area contributed by atoms with Gasteiger partial charge in [-0.3, -0.25) is 0 Å². The van der Waals surface area contributed by atoms with E-state index in [1.807, 2.05) is 12.1 Å². The van der Waals surface area contributed by atoms with Crippen molar-refractivity contribution in [3.63, 3.8) is 0 Å². The summed E-state index contributed by atoms with van der Waals surface area (Å²) in [5, 5.41) is 0.803. The molecule has 2 aromatic carbocycles. The molecular weight excluding hydrogens is 408 g/mol. The van der Waals surface area contributed by atoms with Gasteiger partial charge < -0.3 is 0 Å². The van der Waals surface area contributed by atoms with Crippen LogP contribution in [0.3, 0.4) is 0 Å². The third-order valence-electron chi connectivity index (χ3n) is 8.57. The fourth-order valence-electron chi connectivity index (χ4n) is 6.34. The number of unbranched alkanes of at least 4 members (excludes halogenated alkanes) is 2. The molecule has 2 aliphatic rings. The molecule has 2 aliphatic carbocycles. The lowest BCUT2D eigenvalue weighted by Crippen LogP contribution is -2.17. The molecule has 0 spiro atoms. The van der Waals surface area contributed by atoms with Gasteiger partial charge in [-0.25, -0.2) is 0 Å². The molecule has 0 atom stereocenters. The summed E-state index contributed by atoms with van der Waals surface area (Å²) >= 11 is 6.03. The van der Waals surface area contributed by atoms with Gasteiger partial charge in [0.1, 0.15) is 0 Å². The maximum atomic E-state index is 6.03. The minimum Gasteiger partial charge on any atom is -0.0843 e. The zero-order valence-electron chi connectivity index (χ0n) is 20.2. The molecule has 1 heteroatoms. The van der Waals surface area contributed by atoms with Gasteiger partial charge in [0, 0.05) is 5.02 Å². The molecule has 0 unspecified atom stereocenters. The summed E-state index contributed by atoms with van der Waals surface area (Å²) in [5.74, 6) is 3.85. The molecule has 0 saturated heterocycles. The van der Waals surface area contributed by atoms with Gasteiger partial charge in [-0.15, -0.1) is 0 Å². The van der Waals surface area contributed by atoms with Gasteiger partial charge in [0.2, 0.25) is 0 Å². The zero-order chi connectivity index (χ0) is 22.2. The average molecular weight is 451 g/mol. The number of halogens is 1. The summed E-state index contributed by atoms with van der Waals surface area (Å²) < 4.78 is 0. The van der Waals surface area contributed by atoms with Crippen LogP contribution in [-0.2, 0) is 0 Å². The minimum absolute atomic E-state index is 0.768. The molecule has 2 aromatic rings. The van der Waals surface area contributed by atoms with Crippen molar-refractivity contribution < 1.29 is 0 Å². The first kappa shape index (κ1) is 23.9. The van der Waals surface area contributed by atoms with Gasteiger partial charge in [-0.2, -0.15) is 0 Å². The minimum atomic E-state index is 0.768. The highest BCUT2D eigenvalue weighted by Crippen LogP contribution is 2.40. The van der Waals surface area contributed by atoms with Gasteiger partial charge in [0.05, 0.1) is 0 Å². The van der Waals surface area contributed by atoms with E-state index in [0.29, 0.717) is 0 Å². The summed E-state index contributed by atoms with van der Waals surface area (Å²) in [5.41, 5.74) is 4.08. The number of hydrogen-bond acceptors (Lipinski definition) is 0. The van der Waals surface area contributed by atoms with Crippen LogP contribution in [0.15, 0.2) is 48.5 Å². The Morgan fingerprint density at radius 3 is 1.59 bits per heavy atom. The van der Waals surface area contributed by atoms with E-state index in [1.54, 1.807) is 5.56 Å². The standard InChI is InChI=1S/C31H43Cl/c1-2-3-4-5-24-6-8-25(9-7-24)10-11-26-12-14-27(15-13-26)28-16-18-29(19-17-28)30-20-22-31(32)23-21-30/h16-27H,2-15H2,1H3/t24-,25-,26?,27?. The monoisotopic (exact) mass is 450 g/mol. The second-order valence-corrected chi connectivity index (χ2v) is 11.2. The fraction of sp³-hybridized carbons (Fsp3) is 0.613. The second-order valence-electron chi connectivity index (χ2n) is 10.8. The quantitative estimate of drug-likeness (QED) is 0.333. The van der Waals surface area contributed by atoms with E-state index in [2.05, 4.69) is 43.3 Å². The zero-order valence-corrected chi connectivity index (χ0v) is 21.0. The van der Waals surface area contributed by atoms with E-state index in [0.717, 1.165) is 28.7 Å². The third-order valence-corrected chi connectivity index (χ3v) is 8.82. The Morgan fingerprint density at radius 1 is 0.594 bits per heavy atom. The Kier molecular flexibility index (Phi) is 9.15. The Hall–Kier alpha value is -1.27. The SMILES string of the molecule is CCCCC[C@H]1CC[C@H](CCC2CCC(c3ccc(-c4ccc(Cl)cc4)cc3)CC2)CC1. The molecule has 0 bridgehead atoms. The van der Waals surface area contributed by atoms with Crippen LogP contribution < -0.4 is 0 Å². The van der Waals surface area contributed by atoms with Crippen LogP contribution >= 0.6 is 11.6 Å². The molecule has 32 heavy (non-hydrogen) atoms. The molecule has 2 fully saturated rings. The third kappa shape index (κ3) is 6.86. The Bertz CT molecular complexity index is 774. The van der Waals surface area contributed by atoms with Crippen molar-refractivity contribution in [1.29, 1.82) is 0 Å². The van der Waals surface area contributed by atoms with Gasteiger partial charge in [0.15, 0.2) is 0 Å². The first-order valence-electron chi connectivity index (χ1n) is 13.6. The Balaban J connectivity index is 1.16. The Labute approximate surface area is 202 Å². The van der Waals surface area contributed by atoms with Crippen LogP contribution in [0.2, 0.25) is 5.02 Å². The lowest BCUT2D eigenvalue weighted by Gasteiger charge is -2.32. The van der Waals surface area contributed by atoms with Crippen LogP contribution in [0, 0.1) is 17.8 Å². The first-order chi connectivity index (χ1) is 15.7. The second kappa shape index (κ2) is 12.3. The molecule has 0 N–H and O–H groups in total. The highest BCUT2D eigenvalue weighted by molar-refractivity contribution is 6.30. The smallest absolute Gasteiger partial charge is 0.0406 e. The lowest BCUT2D eigenvalue weighted by atomic mass is 9.74. The van der Waals surface area contributed by atoms with E-state index in [9.17, 15) is 0 Å². The van der Waals surface area contributed by atoms with Gasteiger partial charge in [-0.05, 0) is 78.2 Å². The van der Waals surface area contributed by atoms with Gasteiger partial charge >= 0.3 is 0 Å². The Morgan fingerprint density at radius 2 is 1.06 bits per heavy atom. The van der Waals surface area contributed by atoms with E-state index in [4.69, 9.17) is 11.6 Å². The molecule has 0 nitrogen and oxygen atoms in total. The van der Waals surface area contributed by atoms with Crippen molar-refractivity contribution in [2.75, 3.05) is 0 Å². The lowest BCUT2D eigenvalue weighted by molar-refractivity contribution is 0.222. The molecule has 0 amide bonds. The molecule has 4 rings (SSSR count). The maximum absolute atomic E-state index is 6.03. The molecular formula is C31H43Cl. The van der Waals surface area contributed by atoms with E-state index in [1.165, 1.54) is 101 Å².